The molecule has 0 saturated heterocycles. The third kappa shape index (κ3) is 4.64. The number of carbonyl (C=O) groups is 1. The molecular formula is C17H24N8O3. The van der Waals surface area contributed by atoms with Gasteiger partial charge in [-0.05, 0) is 11.8 Å². The van der Waals surface area contributed by atoms with Gasteiger partial charge in [0.1, 0.15) is 24.8 Å². The van der Waals surface area contributed by atoms with E-state index in [2.05, 4.69) is 15.1 Å². The number of hydrogen-bond acceptors (Lipinski definition) is 7. The summed E-state index contributed by atoms with van der Waals surface area (Å²) < 4.78 is 2.47. The second-order valence-electron chi connectivity index (χ2n) is 7.27. The van der Waals surface area contributed by atoms with Gasteiger partial charge in [-0.15, -0.1) is 5.10 Å². The second-order valence-corrected chi connectivity index (χ2v) is 7.27. The molecule has 3 N–H and O–H groups in total. The molecule has 0 aliphatic heterocycles. The summed E-state index contributed by atoms with van der Waals surface area (Å²) in [6, 6.07) is 1.78. The van der Waals surface area contributed by atoms with Crippen LogP contribution in [0.1, 0.15) is 33.5 Å². The molecule has 0 aromatic carbocycles. The number of nitrogens with zero attached hydrogens (tertiary/aromatic N) is 6. The van der Waals surface area contributed by atoms with Crippen LogP contribution in [-0.2, 0) is 17.9 Å². The molecule has 2 aromatic heterocycles. The average Bonchev–Trinajstić information content (AvgIpc) is 3.04. The van der Waals surface area contributed by atoms with Crippen molar-refractivity contribution in [1.29, 1.82) is 5.26 Å². The molecule has 11 heteroatoms. The number of nitriles is 1. The molecule has 0 spiro atoms. The molecule has 150 valence electrons. The van der Waals surface area contributed by atoms with Gasteiger partial charge in [-0.3, -0.25) is 19.1 Å². The highest BCUT2D eigenvalue weighted by Crippen LogP contribution is 2.19. The van der Waals surface area contributed by atoms with Gasteiger partial charge in [0.25, 0.3) is 11.4 Å². The number of rotatable bonds is 7. The number of carbonyl (C=O) groups excluding carboxylic acids is 1. The summed E-state index contributed by atoms with van der Waals surface area (Å²) in [4.78, 5) is 44.8. The van der Waals surface area contributed by atoms with Crippen LogP contribution in [0.2, 0.25) is 0 Å². The van der Waals surface area contributed by atoms with E-state index in [9.17, 15) is 14.4 Å². The fraction of sp³-hybridized carbons (Fsp3) is 0.529. The monoisotopic (exact) mass is 388 g/mol. The van der Waals surface area contributed by atoms with Crippen molar-refractivity contribution in [3.8, 4) is 6.07 Å². The Bertz CT molecular complexity index is 1010. The van der Waals surface area contributed by atoms with E-state index in [1.807, 2.05) is 27.7 Å². The highest BCUT2D eigenvalue weighted by atomic mass is 16.2. The number of anilines is 2. The zero-order valence-corrected chi connectivity index (χ0v) is 16.3. The van der Waals surface area contributed by atoms with Crippen molar-refractivity contribution in [3.63, 3.8) is 0 Å². The van der Waals surface area contributed by atoms with Crippen LogP contribution < -0.4 is 21.9 Å². The lowest BCUT2D eigenvalue weighted by atomic mass is 10.2. The van der Waals surface area contributed by atoms with E-state index in [0.717, 1.165) is 0 Å². The minimum atomic E-state index is -0.729. The van der Waals surface area contributed by atoms with Crippen molar-refractivity contribution in [2.75, 3.05) is 17.2 Å². The molecule has 0 aliphatic rings. The van der Waals surface area contributed by atoms with Crippen LogP contribution >= 0.6 is 0 Å². The number of amides is 1. The molecule has 0 unspecified atom stereocenters. The van der Waals surface area contributed by atoms with Crippen LogP contribution in [0.5, 0.6) is 0 Å². The van der Waals surface area contributed by atoms with Crippen LogP contribution in [0.25, 0.3) is 0 Å². The first-order chi connectivity index (χ1) is 13.1. The molecule has 0 fully saturated rings. The van der Waals surface area contributed by atoms with Gasteiger partial charge in [0.2, 0.25) is 5.91 Å². The molecule has 28 heavy (non-hydrogen) atoms. The Morgan fingerprint density at radius 1 is 1.32 bits per heavy atom. The molecule has 2 aromatic rings. The SMILES string of the molecule is CC(C)CN(C(=O)Cn1cnc(C#N)n1)c1c(N)n(CC(C)C)c(=O)[nH]c1=O. The zero-order valence-electron chi connectivity index (χ0n) is 16.3. The van der Waals surface area contributed by atoms with Crippen molar-refractivity contribution in [1.82, 2.24) is 24.3 Å². The Hall–Kier alpha value is -3.42. The Morgan fingerprint density at radius 2 is 2.00 bits per heavy atom. The van der Waals surface area contributed by atoms with Gasteiger partial charge in [0, 0.05) is 13.1 Å². The number of nitrogens with one attached hydrogen (secondary N) is 1. The topological polar surface area (TPSA) is 156 Å². The molecular weight excluding hydrogens is 364 g/mol. The Balaban J connectivity index is 2.50. The van der Waals surface area contributed by atoms with Gasteiger partial charge in [-0.1, -0.05) is 27.7 Å². The van der Waals surface area contributed by atoms with Gasteiger partial charge in [0.15, 0.2) is 5.69 Å². The van der Waals surface area contributed by atoms with Gasteiger partial charge >= 0.3 is 5.69 Å². The van der Waals surface area contributed by atoms with E-state index in [-0.39, 0.29) is 42.3 Å². The normalized spacial score (nSPS) is 11.0. The maximum atomic E-state index is 12.9. The van der Waals surface area contributed by atoms with Crippen LogP contribution in [0.15, 0.2) is 15.9 Å². The molecule has 11 nitrogen and oxygen atoms in total. The standard InChI is InChI=1S/C17H24N8O3/c1-10(2)6-24(13(26)8-23-9-20-12(5-18)22-23)14-15(19)25(7-11(3)4)17(28)21-16(14)27/h9-11H,6-8,19H2,1-4H3,(H,21,27,28). The highest BCUT2D eigenvalue weighted by Gasteiger charge is 2.25. The van der Waals surface area contributed by atoms with E-state index in [1.54, 1.807) is 6.07 Å². The van der Waals surface area contributed by atoms with E-state index in [1.165, 1.54) is 20.5 Å². The Labute approximate surface area is 161 Å². The number of aromatic amines is 1. The van der Waals surface area contributed by atoms with E-state index in [0.29, 0.717) is 6.54 Å². The van der Waals surface area contributed by atoms with E-state index < -0.39 is 17.2 Å². The van der Waals surface area contributed by atoms with Gasteiger partial charge in [-0.2, -0.15) is 5.26 Å². The number of hydrogen-bond donors (Lipinski definition) is 2. The summed E-state index contributed by atoms with van der Waals surface area (Å²) in [6.45, 7) is 7.87. The van der Waals surface area contributed by atoms with Crippen LogP contribution in [0.3, 0.4) is 0 Å². The molecule has 0 bridgehead atoms. The van der Waals surface area contributed by atoms with Crippen molar-refractivity contribution < 1.29 is 4.79 Å². The number of nitrogens with two attached hydrogens (primary N) is 1. The maximum Gasteiger partial charge on any atom is 0.330 e. The van der Waals surface area contributed by atoms with Crippen molar-refractivity contribution in [3.05, 3.63) is 33.0 Å². The minimum Gasteiger partial charge on any atom is -0.383 e. The predicted molar refractivity (Wildman–Crippen MR) is 103 cm³/mol. The predicted octanol–water partition coefficient (Wildman–Crippen LogP) is -0.0728. The van der Waals surface area contributed by atoms with Gasteiger partial charge in [-0.25, -0.2) is 14.5 Å². The molecule has 2 heterocycles. The van der Waals surface area contributed by atoms with Crippen LogP contribution in [0, 0.1) is 23.2 Å². The summed E-state index contributed by atoms with van der Waals surface area (Å²) in [5.74, 6) is -0.458. The lowest BCUT2D eigenvalue weighted by molar-refractivity contribution is -0.119. The lowest BCUT2D eigenvalue weighted by Gasteiger charge is -2.26. The summed E-state index contributed by atoms with van der Waals surface area (Å²) in [6.07, 6.45) is 1.26. The van der Waals surface area contributed by atoms with Gasteiger partial charge < -0.3 is 10.6 Å². The van der Waals surface area contributed by atoms with Crippen LogP contribution in [0.4, 0.5) is 11.5 Å². The second kappa shape index (κ2) is 8.51. The van der Waals surface area contributed by atoms with Crippen molar-refractivity contribution >= 4 is 17.4 Å². The number of aromatic nitrogens is 5. The fourth-order valence-electron chi connectivity index (χ4n) is 2.71. The Morgan fingerprint density at radius 3 is 2.54 bits per heavy atom. The quantitative estimate of drug-likeness (QED) is 0.672. The summed E-state index contributed by atoms with van der Waals surface area (Å²) in [5.41, 5.74) is 4.72. The number of nitrogen functional groups attached to an aromatic ring is 1. The van der Waals surface area contributed by atoms with E-state index >= 15 is 0 Å². The minimum absolute atomic E-state index is 0.0265. The number of H-pyrrole nitrogens is 1. The first-order valence-electron chi connectivity index (χ1n) is 8.86. The molecule has 0 saturated carbocycles. The van der Waals surface area contributed by atoms with Crippen molar-refractivity contribution in [2.45, 2.75) is 40.8 Å². The van der Waals surface area contributed by atoms with Crippen LogP contribution in [-0.4, -0.2) is 36.8 Å². The highest BCUT2D eigenvalue weighted by molar-refractivity contribution is 5.95. The zero-order chi connectivity index (χ0) is 21.0. The first kappa shape index (κ1) is 20.9. The fourth-order valence-corrected chi connectivity index (χ4v) is 2.71. The summed E-state index contributed by atoms with van der Waals surface area (Å²) in [7, 11) is 0. The summed E-state index contributed by atoms with van der Waals surface area (Å²) >= 11 is 0. The molecule has 0 aliphatic carbocycles. The third-order valence-corrected chi connectivity index (χ3v) is 3.81. The largest absolute Gasteiger partial charge is 0.383 e. The first-order valence-corrected chi connectivity index (χ1v) is 8.86. The van der Waals surface area contributed by atoms with Crippen molar-refractivity contribution in [2.24, 2.45) is 11.8 Å². The summed E-state index contributed by atoms with van der Waals surface area (Å²) in [5, 5.41) is 12.7. The molecule has 1 amide bonds. The Kier molecular flexibility index (Phi) is 6.35. The molecule has 0 atom stereocenters. The lowest BCUT2D eigenvalue weighted by Crippen LogP contribution is -2.44. The smallest absolute Gasteiger partial charge is 0.330 e. The average molecular weight is 388 g/mol. The third-order valence-electron chi connectivity index (χ3n) is 3.81. The maximum absolute atomic E-state index is 12.9. The van der Waals surface area contributed by atoms with Gasteiger partial charge in [0.05, 0.1) is 0 Å². The molecule has 2 rings (SSSR count). The van der Waals surface area contributed by atoms with E-state index in [4.69, 9.17) is 11.0 Å². The molecule has 0 radical (unpaired) electrons.